The fraction of sp³-hybridized carbons (Fsp3) is 0.400. The lowest BCUT2D eigenvalue weighted by molar-refractivity contribution is 0.0697. The summed E-state index contributed by atoms with van der Waals surface area (Å²) in [7, 11) is 0. The van der Waals surface area contributed by atoms with Gasteiger partial charge in [0.25, 0.3) is 0 Å². The van der Waals surface area contributed by atoms with E-state index in [0.717, 1.165) is 36.8 Å². The minimum absolute atomic E-state index is 0.0968. The third kappa shape index (κ3) is 4.65. The smallest absolute Gasteiger partial charge is 0.335 e. The lowest BCUT2D eigenvalue weighted by Gasteiger charge is -2.34. The largest absolute Gasteiger partial charge is 0.478 e. The van der Waals surface area contributed by atoms with Crippen LogP contribution in [-0.4, -0.2) is 28.0 Å². The average molecular weight is 356 g/mol. The molecule has 2 aromatic rings. The van der Waals surface area contributed by atoms with Gasteiger partial charge in [-0.05, 0) is 36.6 Å². The van der Waals surface area contributed by atoms with Gasteiger partial charge < -0.3 is 19.7 Å². The number of urea groups is 1. The summed E-state index contributed by atoms with van der Waals surface area (Å²) < 4.78 is 5.14. The van der Waals surface area contributed by atoms with Crippen LogP contribution in [0.25, 0.3) is 0 Å². The Morgan fingerprint density at radius 2 is 1.81 bits per heavy atom. The Kier molecular flexibility index (Phi) is 5.94. The molecule has 0 atom stereocenters. The van der Waals surface area contributed by atoms with Crippen molar-refractivity contribution in [1.29, 1.82) is 0 Å². The highest BCUT2D eigenvalue weighted by Gasteiger charge is 2.25. The van der Waals surface area contributed by atoms with E-state index in [1.54, 1.807) is 36.8 Å². The Balaban J connectivity index is 1.63. The van der Waals surface area contributed by atoms with Crippen LogP contribution in [0, 0.1) is 0 Å². The average Bonchev–Trinajstić information content (AvgIpc) is 3.18. The van der Waals surface area contributed by atoms with Gasteiger partial charge in [-0.1, -0.05) is 31.4 Å². The molecule has 1 aliphatic rings. The molecular weight excluding hydrogens is 332 g/mol. The quantitative estimate of drug-likeness (QED) is 0.819. The number of amides is 2. The number of benzene rings is 1. The Hall–Kier alpha value is -2.76. The molecule has 0 radical (unpaired) electrons. The maximum Gasteiger partial charge on any atom is 0.335 e. The zero-order valence-corrected chi connectivity index (χ0v) is 14.7. The van der Waals surface area contributed by atoms with Crippen LogP contribution >= 0.6 is 0 Å². The molecule has 1 heterocycles. The summed E-state index contributed by atoms with van der Waals surface area (Å²) >= 11 is 0. The van der Waals surface area contributed by atoms with E-state index in [1.165, 1.54) is 6.42 Å². The molecule has 138 valence electrons. The van der Waals surface area contributed by atoms with Crippen LogP contribution in [0.15, 0.2) is 47.3 Å². The second kappa shape index (κ2) is 8.56. The first-order valence-electron chi connectivity index (χ1n) is 9.01. The van der Waals surface area contributed by atoms with Gasteiger partial charge in [0.1, 0.15) is 0 Å². The van der Waals surface area contributed by atoms with E-state index in [2.05, 4.69) is 5.32 Å². The first-order chi connectivity index (χ1) is 12.6. The van der Waals surface area contributed by atoms with E-state index in [9.17, 15) is 9.59 Å². The first-order valence-corrected chi connectivity index (χ1v) is 9.01. The molecule has 1 aliphatic carbocycles. The van der Waals surface area contributed by atoms with Crippen LogP contribution < -0.4 is 5.32 Å². The molecule has 2 N–H and O–H groups in total. The van der Waals surface area contributed by atoms with Crippen LogP contribution in [-0.2, 0) is 13.1 Å². The lowest BCUT2D eigenvalue weighted by atomic mass is 9.94. The number of carbonyl (C=O) groups is 2. The third-order valence-electron chi connectivity index (χ3n) is 4.85. The molecule has 6 heteroatoms. The van der Waals surface area contributed by atoms with Gasteiger partial charge in [0.15, 0.2) is 0 Å². The number of hydrogen-bond acceptors (Lipinski definition) is 3. The minimum atomic E-state index is -0.954. The van der Waals surface area contributed by atoms with Crippen LogP contribution in [0.5, 0.6) is 0 Å². The van der Waals surface area contributed by atoms with E-state index in [-0.39, 0.29) is 17.6 Å². The molecule has 1 fully saturated rings. The fourth-order valence-corrected chi connectivity index (χ4v) is 3.38. The minimum Gasteiger partial charge on any atom is -0.478 e. The van der Waals surface area contributed by atoms with Crippen molar-refractivity contribution < 1.29 is 19.1 Å². The lowest BCUT2D eigenvalue weighted by Crippen LogP contribution is -2.46. The molecule has 0 aliphatic heterocycles. The van der Waals surface area contributed by atoms with Crippen molar-refractivity contribution in [1.82, 2.24) is 10.2 Å². The normalized spacial score (nSPS) is 14.8. The molecule has 0 spiro atoms. The summed E-state index contributed by atoms with van der Waals surface area (Å²) in [6.07, 6.45) is 8.88. The van der Waals surface area contributed by atoms with Crippen LogP contribution in [0.4, 0.5) is 4.79 Å². The van der Waals surface area contributed by atoms with Crippen LogP contribution in [0.1, 0.15) is 53.6 Å². The third-order valence-corrected chi connectivity index (χ3v) is 4.85. The number of rotatable bonds is 6. The first kappa shape index (κ1) is 18.0. The van der Waals surface area contributed by atoms with Gasteiger partial charge in [0, 0.05) is 18.2 Å². The molecular formula is C20H24N2O4. The molecule has 0 unspecified atom stereocenters. The Bertz CT molecular complexity index is 719. The van der Waals surface area contributed by atoms with Crippen molar-refractivity contribution in [2.45, 2.75) is 51.2 Å². The van der Waals surface area contributed by atoms with Gasteiger partial charge in [0.2, 0.25) is 0 Å². The Labute approximate surface area is 152 Å². The van der Waals surface area contributed by atoms with Gasteiger partial charge in [-0.15, -0.1) is 0 Å². The summed E-state index contributed by atoms with van der Waals surface area (Å²) in [4.78, 5) is 25.6. The molecule has 26 heavy (non-hydrogen) atoms. The number of nitrogens with zero attached hydrogens (tertiary/aromatic N) is 1. The summed E-state index contributed by atoms with van der Waals surface area (Å²) in [6.45, 7) is 0.901. The maximum atomic E-state index is 12.8. The van der Waals surface area contributed by atoms with E-state index >= 15 is 0 Å². The van der Waals surface area contributed by atoms with Gasteiger partial charge in [0.05, 0.1) is 24.6 Å². The highest BCUT2D eigenvalue weighted by molar-refractivity contribution is 5.87. The number of carbonyl (C=O) groups excluding carboxylic acids is 1. The van der Waals surface area contributed by atoms with E-state index in [4.69, 9.17) is 9.52 Å². The summed E-state index contributed by atoms with van der Waals surface area (Å²) in [5, 5.41) is 11.9. The predicted octanol–water partition coefficient (Wildman–Crippen LogP) is 4.02. The maximum absolute atomic E-state index is 12.8. The van der Waals surface area contributed by atoms with Gasteiger partial charge in [-0.3, -0.25) is 0 Å². The zero-order valence-electron chi connectivity index (χ0n) is 14.7. The van der Waals surface area contributed by atoms with Crippen molar-refractivity contribution in [2.75, 3.05) is 0 Å². The van der Waals surface area contributed by atoms with E-state index in [1.807, 2.05) is 11.0 Å². The topological polar surface area (TPSA) is 82.8 Å². The standard InChI is InChI=1S/C20H24N2O4/c23-19(24)17-8-6-15(7-9-17)12-21-20(25)22(13-16-10-11-26-14-16)18-4-2-1-3-5-18/h6-11,14,18H,1-5,12-13H2,(H,21,25)(H,23,24). The molecule has 0 saturated heterocycles. The van der Waals surface area contributed by atoms with Crippen molar-refractivity contribution in [3.05, 3.63) is 59.5 Å². The number of carboxylic acids is 1. The second-order valence-electron chi connectivity index (χ2n) is 6.71. The summed E-state index contributed by atoms with van der Waals surface area (Å²) in [5.41, 5.74) is 2.09. The van der Waals surface area contributed by atoms with E-state index < -0.39 is 5.97 Å². The number of aromatic carboxylic acids is 1. The summed E-state index contributed by atoms with van der Waals surface area (Å²) in [6, 6.07) is 8.58. The monoisotopic (exact) mass is 356 g/mol. The van der Waals surface area contributed by atoms with Gasteiger partial charge >= 0.3 is 12.0 Å². The molecule has 1 aromatic carbocycles. The van der Waals surface area contributed by atoms with Gasteiger partial charge in [-0.2, -0.15) is 0 Å². The van der Waals surface area contributed by atoms with Crippen molar-refractivity contribution in [2.24, 2.45) is 0 Å². The van der Waals surface area contributed by atoms with Crippen molar-refractivity contribution >= 4 is 12.0 Å². The van der Waals surface area contributed by atoms with Gasteiger partial charge in [-0.25, -0.2) is 9.59 Å². The number of furan rings is 1. The molecule has 2 amide bonds. The highest BCUT2D eigenvalue weighted by Crippen LogP contribution is 2.24. The number of nitrogens with one attached hydrogen (secondary N) is 1. The predicted molar refractivity (Wildman–Crippen MR) is 96.8 cm³/mol. The zero-order chi connectivity index (χ0) is 18.4. The van der Waals surface area contributed by atoms with Crippen molar-refractivity contribution in [3.8, 4) is 0 Å². The molecule has 1 saturated carbocycles. The Morgan fingerprint density at radius 1 is 1.08 bits per heavy atom. The highest BCUT2D eigenvalue weighted by atomic mass is 16.4. The number of hydrogen-bond donors (Lipinski definition) is 2. The Morgan fingerprint density at radius 3 is 2.42 bits per heavy atom. The van der Waals surface area contributed by atoms with Crippen LogP contribution in [0.2, 0.25) is 0 Å². The van der Waals surface area contributed by atoms with E-state index in [0.29, 0.717) is 13.1 Å². The SMILES string of the molecule is O=C(O)c1ccc(CNC(=O)N(Cc2ccoc2)C2CCCCC2)cc1. The van der Waals surface area contributed by atoms with Crippen molar-refractivity contribution in [3.63, 3.8) is 0 Å². The molecule has 0 bridgehead atoms. The number of carboxylic acid groups (broad SMARTS) is 1. The second-order valence-corrected chi connectivity index (χ2v) is 6.71. The molecule has 6 nitrogen and oxygen atoms in total. The summed E-state index contributed by atoms with van der Waals surface area (Å²) in [5.74, 6) is -0.954. The molecule has 3 rings (SSSR count). The molecule has 1 aromatic heterocycles. The van der Waals surface area contributed by atoms with Crippen LogP contribution in [0.3, 0.4) is 0 Å². The fourth-order valence-electron chi connectivity index (χ4n) is 3.38.